The van der Waals surface area contributed by atoms with Crippen LogP contribution in [0.5, 0.6) is 0 Å². The summed E-state index contributed by atoms with van der Waals surface area (Å²) < 4.78 is 0. The van der Waals surface area contributed by atoms with Crippen molar-refractivity contribution in [1.82, 2.24) is 15.1 Å². The maximum Gasteiger partial charge on any atom is 0.108 e. The van der Waals surface area contributed by atoms with E-state index >= 15 is 0 Å². The highest BCUT2D eigenvalue weighted by Gasteiger charge is 2.43. The maximum absolute atomic E-state index is 9.59. The minimum atomic E-state index is -0.272. The van der Waals surface area contributed by atoms with Crippen molar-refractivity contribution in [2.24, 2.45) is 0 Å². The van der Waals surface area contributed by atoms with Crippen LogP contribution in [0.2, 0.25) is 0 Å². The Morgan fingerprint density at radius 1 is 1.15 bits per heavy atom. The molecule has 4 nitrogen and oxygen atoms in total. The molecule has 4 heteroatoms. The first-order chi connectivity index (χ1) is 9.62. The lowest BCUT2D eigenvalue weighted by Gasteiger charge is -2.41. The lowest BCUT2D eigenvalue weighted by Crippen LogP contribution is -2.54. The van der Waals surface area contributed by atoms with Crippen LogP contribution in [-0.4, -0.2) is 59.6 Å². The normalized spacial score (nSPS) is 39.1. The van der Waals surface area contributed by atoms with Crippen LogP contribution < -0.4 is 5.32 Å². The van der Waals surface area contributed by atoms with E-state index < -0.39 is 0 Å². The summed E-state index contributed by atoms with van der Waals surface area (Å²) in [7, 11) is 0. The van der Waals surface area contributed by atoms with Gasteiger partial charge in [0.25, 0.3) is 0 Å². The highest BCUT2D eigenvalue weighted by atomic mass is 15.3. The van der Waals surface area contributed by atoms with Crippen molar-refractivity contribution < 1.29 is 0 Å². The highest BCUT2D eigenvalue weighted by molar-refractivity contribution is 5.14. The van der Waals surface area contributed by atoms with Crippen LogP contribution in [0.1, 0.15) is 46.0 Å². The van der Waals surface area contributed by atoms with E-state index in [9.17, 15) is 5.26 Å². The van der Waals surface area contributed by atoms with Gasteiger partial charge in [-0.3, -0.25) is 15.1 Å². The smallest absolute Gasteiger partial charge is 0.108 e. The van der Waals surface area contributed by atoms with Crippen LogP contribution in [0, 0.1) is 11.3 Å². The van der Waals surface area contributed by atoms with Crippen molar-refractivity contribution in [3.8, 4) is 6.07 Å². The van der Waals surface area contributed by atoms with Gasteiger partial charge < -0.3 is 0 Å². The van der Waals surface area contributed by atoms with E-state index in [1.165, 1.54) is 45.4 Å². The van der Waals surface area contributed by atoms with E-state index in [0.29, 0.717) is 12.1 Å². The first-order valence-corrected chi connectivity index (χ1v) is 8.29. The summed E-state index contributed by atoms with van der Waals surface area (Å²) in [5.41, 5.74) is -0.272. The van der Waals surface area contributed by atoms with Gasteiger partial charge in [0.2, 0.25) is 0 Å². The van der Waals surface area contributed by atoms with E-state index in [-0.39, 0.29) is 5.54 Å². The Kier molecular flexibility index (Phi) is 4.03. The molecule has 20 heavy (non-hydrogen) atoms. The van der Waals surface area contributed by atoms with E-state index in [2.05, 4.69) is 35.0 Å². The molecular formula is C16H28N4. The third-order valence-corrected chi connectivity index (χ3v) is 5.40. The van der Waals surface area contributed by atoms with Crippen LogP contribution in [0.15, 0.2) is 0 Å². The van der Waals surface area contributed by atoms with Gasteiger partial charge in [0.15, 0.2) is 0 Å². The standard InChI is InChI=1S/C16H28N4/c1-13(2)18-16(12-17)6-5-14(10-16)20-9-8-19-7-3-4-15(19)11-20/h13-15,18H,3-11H2,1-2H3. The average Bonchev–Trinajstić information content (AvgIpc) is 3.04. The molecule has 0 radical (unpaired) electrons. The molecule has 1 saturated carbocycles. The van der Waals surface area contributed by atoms with Crippen LogP contribution in [0.4, 0.5) is 0 Å². The van der Waals surface area contributed by atoms with E-state index in [1.54, 1.807) is 0 Å². The number of hydrogen-bond acceptors (Lipinski definition) is 4. The summed E-state index contributed by atoms with van der Waals surface area (Å²) in [5, 5.41) is 13.1. The lowest BCUT2D eigenvalue weighted by atomic mass is 9.97. The van der Waals surface area contributed by atoms with Crippen LogP contribution >= 0.6 is 0 Å². The molecule has 3 atom stereocenters. The summed E-state index contributed by atoms with van der Waals surface area (Å²) in [6, 6.07) is 4.37. The fourth-order valence-corrected chi connectivity index (χ4v) is 4.50. The molecule has 112 valence electrons. The van der Waals surface area contributed by atoms with Gasteiger partial charge in [-0.1, -0.05) is 0 Å². The summed E-state index contributed by atoms with van der Waals surface area (Å²) in [5.74, 6) is 0. The van der Waals surface area contributed by atoms with Crippen molar-refractivity contribution in [2.45, 2.75) is 69.6 Å². The molecule has 1 N–H and O–H groups in total. The van der Waals surface area contributed by atoms with E-state index in [4.69, 9.17) is 0 Å². The number of rotatable bonds is 3. The largest absolute Gasteiger partial charge is 0.298 e. The molecule has 2 heterocycles. The molecular weight excluding hydrogens is 248 g/mol. The van der Waals surface area contributed by atoms with Crippen LogP contribution in [0.3, 0.4) is 0 Å². The van der Waals surface area contributed by atoms with Crippen molar-refractivity contribution >= 4 is 0 Å². The summed E-state index contributed by atoms with van der Waals surface area (Å²) in [4.78, 5) is 5.34. The molecule has 0 aromatic heterocycles. The SMILES string of the molecule is CC(C)NC1(C#N)CCC(N2CCN3CCCC3C2)C1. The number of fused-ring (bicyclic) bond motifs is 1. The molecule has 2 aliphatic heterocycles. The molecule has 0 amide bonds. The van der Waals surface area contributed by atoms with Crippen molar-refractivity contribution in [3.63, 3.8) is 0 Å². The van der Waals surface area contributed by atoms with Gasteiger partial charge in [0.1, 0.15) is 5.54 Å². The second kappa shape index (κ2) is 5.63. The molecule has 1 aliphatic carbocycles. The van der Waals surface area contributed by atoms with Gasteiger partial charge in [0.05, 0.1) is 6.07 Å². The highest BCUT2D eigenvalue weighted by Crippen LogP contribution is 2.35. The Morgan fingerprint density at radius 2 is 1.95 bits per heavy atom. The molecule has 0 bridgehead atoms. The van der Waals surface area contributed by atoms with Gasteiger partial charge in [-0.15, -0.1) is 0 Å². The number of hydrogen-bond donors (Lipinski definition) is 1. The van der Waals surface area contributed by atoms with Gasteiger partial charge in [-0.05, 0) is 52.5 Å². The predicted octanol–water partition coefficient (Wildman–Crippen LogP) is 1.58. The summed E-state index contributed by atoms with van der Waals surface area (Å²) in [6.07, 6.45) is 5.95. The average molecular weight is 276 g/mol. The Morgan fingerprint density at radius 3 is 2.70 bits per heavy atom. The second-order valence-corrected chi connectivity index (χ2v) is 7.22. The van der Waals surface area contributed by atoms with Crippen LogP contribution in [-0.2, 0) is 0 Å². The summed E-state index contributed by atoms with van der Waals surface area (Å²) >= 11 is 0. The number of nitrogens with one attached hydrogen (secondary N) is 1. The Balaban J connectivity index is 1.61. The number of nitrogens with zero attached hydrogens (tertiary/aromatic N) is 3. The first kappa shape index (κ1) is 14.3. The molecule has 0 aromatic carbocycles. The van der Waals surface area contributed by atoms with Gasteiger partial charge >= 0.3 is 0 Å². The predicted molar refractivity (Wildman–Crippen MR) is 80.4 cm³/mol. The molecule has 3 rings (SSSR count). The molecule has 0 aromatic rings. The van der Waals surface area contributed by atoms with Crippen LogP contribution in [0.25, 0.3) is 0 Å². The second-order valence-electron chi connectivity index (χ2n) is 7.22. The fraction of sp³-hybridized carbons (Fsp3) is 0.938. The van der Waals surface area contributed by atoms with Gasteiger partial charge in [-0.25, -0.2) is 0 Å². The topological polar surface area (TPSA) is 42.3 Å². The van der Waals surface area contributed by atoms with E-state index in [0.717, 1.165) is 18.9 Å². The van der Waals surface area contributed by atoms with Gasteiger partial charge in [0, 0.05) is 37.8 Å². The van der Waals surface area contributed by atoms with E-state index in [1.807, 2.05) is 0 Å². The third-order valence-electron chi connectivity index (χ3n) is 5.40. The molecule has 3 aliphatic rings. The Labute approximate surface area is 123 Å². The minimum absolute atomic E-state index is 0.272. The Hall–Kier alpha value is -0.630. The third kappa shape index (κ3) is 2.72. The quantitative estimate of drug-likeness (QED) is 0.850. The zero-order valence-corrected chi connectivity index (χ0v) is 12.9. The monoisotopic (exact) mass is 276 g/mol. The molecule has 0 spiro atoms. The Bertz CT molecular complexity index is 388. The lowest BCUT2D eigenvalue weighted by molar-refractivity contribution is 0.0714. The zero-order valence-electron chi connectivity index (χ0n) is 12.9. The van der Waals surface area contributed by atoms with Crippen molar-refractivity contribution in [3.05, 3.63) is 0 Å². The van der Waals surface area contributed by atoms with Crippen molar-refractivity contribution in [1.29, 1.82) is 5.26 Å². The molecule has 2 saturated heterocycles. The maximum atomic E-state index is 9.59. The first-order valence-electron chi connectivity index (χ1n) is 8.29. The summed E-state index contributed by atoms with van der Waals surface area (Å²) in [6.45, 7) is 9.25. The molecule has 3 unspecified atom stereocenters. The number of nitriles is 1. The zero-order chi connectivity index (χ0) is 14.2. The van der Waals surface area contributed by atoms with Crippen molar-refractivity contribution in [2.75, 3.05) is 26.2 Å². The fourth-order valence-electron chi connectivity index (χ4n) is 4.50. The number of piperazine rings is 1. The van der Waals surface area contributed by atoms with Gasteiger partial charge in [-0.2, -0.15) is 5.26 Å². The minimum Gasteiger partial charge on any atom is -0.298 e. The molecule has 3 fully saturated rings.